The summed E-state index contributed by atoms with van der Waals surface area (Å²) < 4.78 is 7.81. The molecule has 0 aliphatic heterocycles. The lowest BCUT2D eigenvalue weighted by atomic mass is 10.1. The average molecular weight is 683 g/mol. The first-order valence-electron chi connectivity index (χ1n) is 16.5. The second kappa shape index (κ2) is 15.6. The Bertz CT molecular complexity index is 2190. The van der Waals surface area contributed by atoms with Crippen molar-refractivity contribution in [2.75, 3.05) is 17.2 Å². The lowest BCUT2D eigenvalue weighted by Crippen LogP contribution is -2.30. The molecule has 6 rings (SSSR count). The minimum Gasteiger partial charge on any atom is -0.494 e. The lowest BCUT2D eigenvalue weighted by Gasteiger charge is -2.14. The van der Waals surface area contributed by atoms with Crippen molar-refractivity contribution < 1.29 is 19.1 Å². The van der Waals surface area contributed by atoms with Gasteiger partial charge in [0.1, 0.15) is 11.4 Å². The molecule has 1 aromatic heterocycles. The molecule has 3 N–H and O–H groups in total. The van der Waals surface area contributed by atoms with Gasteiger partial charge in [-0.3, -0.25) is 14.4 Å². The molecular weight excluding hydrogens is 645 g/mol. The van der Waals surface area contributed by atoms with Crippen LogP contribution in [0, 0.1) is 0 Å². The maximum atomic E-state index is 13.6. The van der Waals surface area contributed by atoms with E-state index in [1.54, 1.807) is 36.4 Å². The number of amides is 3. The molecule has 9 heteroatoms. The van der Waals surface area contributed by atoms with E-state index >= 15 is 0 Å². The monoisotopic (exact) mass is 682 g/mol. The van der Waals surface area contributed by atoms with Crippen LogP contribution in [0.2, 0.25) is 0 Å². The number of hydrogen-bond donors (Lipinski definition) is 3. The number of nitrogens with one attached hydrogen (secondary N) is 3. The van der Waals surface area contributed by atoms with Crippen LogP contribution in [0.15, 0.2) is 132 Å². The maximum Gasteiger partial charge on any atom is 0.272 e. The van der Waals surface area contributed by atoms with E-state index in [9.17, 15) is 14.4 Å². The Balaban J connectivity index is 1.15. The van der Waals surface area contributed by atoms with Gasteiger partial charge in [0.15, 0.2) is 0 Å². The Kier molecular flexibility index (Phi) is 10.6. The summed E-state index contributed by atoms with van der Waals surface area (Å²) in [6.07, 6.45) is 1.62. The molecule has 1 atom stereocenters. The molecule has 50 heavy (non-hydrogen) atoms. The molecule has 0 aliphatic carbocycles. The van der Waals surface area contributed by atoms with E-state index in [1.165, 1.54) is 17.3 Å². The highest BCUT2D eigenvalue weighted by Crippen LogP contribution is 2.32. The van der Waals surface area contributed by atoms with Crippen molar-refractivity contribution in [3.8, 4) is 5.75 Å². The quantitative estimate of drug-likeness (QED) is 0.0886. The van der Waals surface area contributed by atoms with Crippen LogP contribution >= 0.6 is 11.8 Å². The van der Waals surface area contributed by atoms with Crippen LogP contribution in [-0.2, 0) is 16.1 Å². The fourth-order valence-corrected chi connectivity index (χ4v) is 6.68. The van der Waals surface area contributed by atoms with Gasteiger partial charge in [0.25, 0.3) is 11.8 Å². The van der Waals surface area contributed by atoms with Crippen LogP contribution in [-0.4, -0.2) is 34.1 Å². The topological polar surface area (TPSA) is 101 Å². The summed E-state index contributed by atoms with van der Waals surface area (Å²) in [4.78, 5) is 40.8. The highest BCUT2D eigenvalue weighted by molar-refractivity contribution is 8.00. The molecule has 0 radical (unpaired) electrons. The zero-order valence-electron chi connectivity index (χ0n) is 28.1. The molecule has 8 nitrogen and oxygen atoms in total. The van der Waals surface area contributed by atoms with Gasteiger partial charge < -0.3 is 25.3 Å². The van der Waals surface area contributed by atoms with Crippen molar-refractivity contribution >= 4 is 68.7 Å². The van der Waals surface area contributed by atoms with Crippen LogP contribution in [0.1, 0.15) is 36.7 Å². The molecular formula is C41H38N4O4S. The Labute approximate surface area is 295 Å². The van der Waals surface area contributed by atoms with E-state index in [-0.39, 0.29) is 11.6 Å². The number of nitrogens with zero attached hydrogens (tertiary/aromatic N) is 1. The van der Waals surface area contributed by atoms with Gasteiger partial charge in [-0.2, -0.15) is 0 Å². The number of aromatic nitrogens is 1. The first-order chi connectivity index (χ1) is 24.3. The number of benzene rings is 5. The lowest BCUT2D eigenvalue weighted by molar-refractivity contribution is -0.115. The summed E-state index contributed by atoms with van der Waals surface area (Å²) in [7, 11) is 0. The summed E-state index contributed by atoms with van der Waals surface area (Å²) in [5, 5.41) is 10.6. The summed E-state index contributed by atoms with van der Waals surface area (Å²) in [5.74, 6) is -0.317. The molecule has 0 bridgehead atoms. The molecule has 1 unspecified atom stereocenters. The van der Waals surface area contributed by atoms with Crippen LogP contribution < -0.4 is 20.7 Å². The third kappa shape index (κ3) is 7.90. The van der Waals surface area contributed by atoms with Crippen LogP contribution in [0.5, 0.6) is 5.75 Å². The largest absolute Gasteiger partial charge is 0.494 e. The van der Waals surface area contributed by atoms with Crippen LogP contribution in [0.3, 0.4) is 0 Å². The minimum atomic E-state index is -0.490. The maximum absolute atomic E-state index is 13.6. The second-order valence-corrected chi connectivity index (χ2v) is 13.0. The molecule has 0 saturated heterocycles. The van der Waals surface area contributed by atoms with E-state index in [0.29, 0.717) is 29.2 Å². The average Bonchev–Trinajstić information content (AvgIpc) is 3.45. The van der Waals surface area contributed by atoms with E-state index < -0.39 is 17.1 Å². The Morgan fingerprint density at radius 1 is 0.760 bits per heavy atom. The zero-order chi connectivity index (χ0) is 35.0. The fourth-order valence-electron chi connectivity index (χ4n) is 5.76. The molecule has 0 aliphatic rings. The Hall–Kier alpha value is -5.80. The third-order valence-corrected chi connectivity index (χ3v) is 9.25. The number of thioether (sulfide) groups is 1. The van der Waals surface area contributed by atoms with Gasteiger partial charge in [-0.05, 0) is 99.1 Å². The molecule has 1 heterocycles. The fraction of sp³-hybridized carbons (Fsp3) is 0.146. The number of hydrogen-bond acceptors (Lipinski definition) is 5. The van der Waals surface area contributed by atoms with Crippen molar-refractivity contribution in [3.63, 3.8) is 0 Å². The summed E-state index contributed by atoms with van der Waals surface area (Å²) >= 11 is 1.39. The number of rotatable bonds is 12. The van der Waals surface area contributed by atoms with Crippen molar-refractivity contribution in [1.82, 2.24) is 9.88 Å². The molecule has 0 fully saturated rings. The highest BCUT2D eigenvalue weighted by Gasteiger charge is 2.18. The molecule has 3 amide bonds. The first kappa shape index (κ1) is 34.1. The first-order valence-corrected chi connectivity index (χ1v) is 17.4. The summed E-state index contributed by atoms with van der Waals surface area (Å²) in [5.41, 5.74) is 4.78. The van der Waals surface area contributed by atoms with E-state index in [2.05, 4.69) is 45.6 Å². The normalized spacial score (nSPS) is 12.0. The smallest absolute Gasteiger partial charge is 0.272 e. The van der Waals surface area contributed by atoms with Crippen molar-refractivity contribution in [1.29, 1.82) is 0 Å². The number of anilines is 2. The third-order valence-electron chi connectivity index (χ3n) is 8.16. The second-order valence-electron chi connectivity index (χ2n) is 11.6. The summed E-state index contributed by atoms with van der Waals surface area (Å²) in [6.45, 7) is 7.28. The van der Waals surface area contributed by atoms with Crippen molar-refractivity contribution in [2.45, 2.75) is 37.5 Å². The van der Waals surface area contributed by atoms with Gasteiger partial charge in [0.05, 0.1) is 11.9 Å². The number of para-hydroxylation sites is 1. The molecule has 252 valence electrons. The van der Waals surface area contributed by atoms with Gasteiger partial charge in [0, 0.05) is 50.2 Å². The number of ether oxygens (including phenoxy) is 1. The number of carbonyl (C=O) groups is 3. The number of fused-ring (bicyclic) bond motifs is 3. The van der Waals surface area contributed by atoms with Crippen LogP contribution in [0.4, 0.5) is 11.4 Å². The van der Waals surface area contributed by atoms with E-state index in [1.807, 2.05) is 86.6 Å². The van der Waals surface area contributed by atoms with Gasteiger partial charge in [-0.1, -0.05) is 54.6 Å². The van der Waals surface area contributed by atoms with Gasteiger partial charge >= 0.3 is 0 Å². The van der Waals surface area contributed by atoms with E-state index in [4.69, 9.17) is 4.74 Å². The Morgan fingerprint density at radius 2 is 1.48 bits per heavy atom. The predicted molar refractivity (Wildman–Crippen MR) is 204 cm³/mol. The predicted octanol–water partition coefficient (Wildman–Crippen LogP) is 8.74. The van der Waals surface area contributed by atoms with Gasteiger partial charge in [-0.25, -0.2) is 0 Å². The molecule has 6 aromatic rings. The van der Waals surface area contributed by atoms with Crippen molar-refractivity contribution in [3.05, 3.63) is 138 Å². The van der Waals surface area contributed by atoms with Crippen molar-refractivity contribution in [2.24, 2.45) is 0 Å². The number of aryl methyl sites for hydroxylation is 1. The Morgan fingerprint density at radius 3 is 2.24 bits per heavy atom. The van der Waals surface area contributed by atoms with E-state index in [0.717, 1.165) is 33.4 Å². The van der Waals surface area contributed by atoms with Gasteiger partial charge in [-0.15, -0.1) is 11.8 Å². The van der Waals surface area contributed by atoms with Crippen LogP contribution in [0.25, 0.3) is 27.9 Å². The van der Waals surface area contributed by atoms with Gasteiger partial charge in [0.2, 0.25) is 5.91 Å². The molecule has 0 saturated carbocycles. The standard InChI is InChI=1S/C41H38N4O4S/c1-4-45-37-17-10-9-16-34(37)35-26-31(20-23-38(35)45)42-39(46)27(3)50-33-15-11-14-30(25-33)43-41(48)36(44-40(47)29-12-7-6-8-13-29)24-28-18-21-32(22-19-28)49-5-2/h6-27H,4-5H2,1-3H3,(H,42,46)(H,43,48)(H,44,47)/b36-24+. The highest BCUT2D eigenvalue weighted by atomic mass is 32.2. The SMILES string of the molecule is CCOc1ccc(/C=C(/NC(=O)c2ccccc2)C(=O)Nc2cccc(SC(C)C(=O)Nc3ccc4c(c3)c3ccccc3n4CC)c2)cc1. The number of carbonyl (C=O) groups excluding carboxylic acids is 3. The minimum absolute atomic E-state index is 0.0767. The molecule has 5 aromatic carbocycles. The zero-order valence-corrected chi connectivity index (χ0v) is 28.9. The molecule has 0 spiro atoms. The summed E-state index contributed by atoms with van der Waals surface area (Å²) in [6, 6.07) is 37.6.